The molecule has 0 aliphatic carbocycles. The summed E-state index contributed by atoms with van der Waals surface area (Å²) in [6, 6.07) is 5.54. The molecule has 0 bridgehead atoms. The van der Waals surface area contributed by atoms with Crippen molar-refractivity contribution in [3.8, 4) is 0 Å². The topological polar surface area (TPSA) is 44.4 Å². The third-order valence-electron chi connectivity index (χ3n) is 3.66. The summed E-state index contributed by atoms with van der Waals surface area (Å²) >= 11 is 6.01. The lowest BCUT2D eigenvalue weighted by molar-refractivity contribution is -0.116. The summed E-state index contributed by atoms with van der Waals surface area (Å²) in [7, 11) is 3.90. The van der Waals surface area contributed by atoms with E-state index in [9.17, 15) is 4.79 Å². The first-order chi connectivity index (χ1) is 9.56. The third-order valence-corrected chi connectivity index (χ3v) is 3.89. The maximum absolute atomic E-state index is 12.1. The molecule has 2 N–H and O–H groups in total. The lowest BCUT2D eigenvalue weighted by Crippen LogP contribution is -2.18. The van der Waals surface area contributed by atoms with Gasteiger partial charge in [-0.05, 0) is 50.0 Å². The molecule has 1 fully saturated rings. The van der Waals surface area contributed by atoms with Crippen molar-refractivity contribution in [1.82, 2.24) is 5.32 Å². The summed E-state index contributed by atoms with van der Waals surface area (Å²) in [5.41, 5.74) is 1.74. The Hall–Kier alpha value is -1.26. The number of rotatable bonds is 5. The van der Waals surface area contributed by atoms with Crippen LogP contribution in [0.3, 0.4) is 0 Å². The van der Waals surface area contributed by atoms with E-state index < -0.39 is 0 Å². The number of carbonyl (C=O) groups is 1. The Morgan fingerprint density at radius 2 is 2.30 bits per heavy atom. The number of halogens is 1. The van der Waals surface area contributed by atoms with E-state index in [1.165, 1.54) is 6.42 Å². The highest BCUT2D eigenvalue weighted by atomic mass is 35.5. The van der Waals surface area contributed by atoms with E-state index >= 15 is 0 Å². The molecule has 1 heterocycles. The lowest BCUT2D eigenvalue weighted by Gasteiger charge is -2.18. The van der Waals surface area contributed by atoms with E-state index in [0.29, 0.717) is 17.4 Å². The molecule has 1 aromatic rings. The minimum Gasteiger partial charge on any atom is -0.376 e. The zero-order valence-corrected chi connectivity index (χ0v) is 12.8. The van der Waals surface area contributed by atoms with Crippen molar-refractivity contribution in [1.29, 1.82) is 0 Å². The lowest BCUT2D eigenvalue weighted by atomic mass is 10.0. The number of nitrogens with zero attached hydrogens (tertiary/aromatic N) is 1. The average molecular weight is 296 g/mol. The number of carbonyl (C=O) groups excluding carboxylic acids is 1. The minimum atomic E-state index is 0.0577. The van der Waals surface area contributed by atoms with Crippen molar-refractivity contribution in [3.63, 3.8) is 0 Å². The highest BCUT2D eigenvalue weighted by molar-refractivity contribution is 6.31. The standard InChI is InChI=1S/C15H22ClN3O/c1-19(2)14-5-4-12(16)9-13(14)18-15(20)6-3-11-7-8-17-10-11/h4-5,9,11,17H,3,6-8,10H2,1-2H3,(H,18,20). The molecule has 1 amide bonds. The second-order valence-corrected chi connectivity index (χ2v) is 5.94. The molecule has 5 heteroatoms. The summed E-state index contributed by atoms with van der Waals surface area (Å²) in [6.45, 7) is 2.11. The van der Waals surface area contributed by atoms with Crippen molar-refractivity contribution >= 4 is 28.9 Å². The van der Waals surface area contributed by atoms with Crippen molar-refractivity contribution in [2.75, 3.05) is 37.4 Å². The van der Waals surface area contributed by atoms with Gasteiger partial charge in [0.05, 0.1) is 11.4 Å². The predicted octanol–water partition coefficient (Wildman–Crippen LogP) is 2.73. The molecule has 1 atom stereocenters. The van der Waals surface area contributed by atoms with Crippen molar-refractivity contribution in [3.05, 3.63) is 23.2 Å². The molecule has 1 aliphatic heterocycles. The van der Waals surface area contributed by atoms with Gasteiger partial charge in [-0.15, -0.1) is 0 Å². The van der Waals surface area contributed by atoms with E-state index in [0.717, 1.165) is 30.9 Å². The van der Waals surface area contributed by atoms with Crippen LogP contribution in [-0.4, -0.2) is 33.1 Å². The van der Waals surface area contributed by atoms with Gasteiger partial charge in [-0.25, -0.2) is 0 Å². The van der Waals surface area contributed by atoms with Gasteiger partial charge in [-0.3, -0.25) is 4.79 Å². The number of amides is 1. The predicted molar refractivity (Wildman–Crippen MR) is 84.6 cm³/mol. The molecule has 1 saturated heterocycles. The Morgan fingerprint density at radius 1 is 1.50 bits per heavy atom. The minimum absolute atomic E-state index is 0.0577. The molecule has 110 valence electrons. The van der Waals surface area contributed by atoms with Gasteiger partial charge in [0.15, 0.2) is 0 Å². The normalized spacial score (nSPS) is 18.1. The first-order valence-corrected chi connectivity index (χ1v) is 7.41. The highest BCUT2D eigenvalue weighted by Gasteiger charge is 2.16. The molecular formula is C15H22ClN3O. The second-order valence-electron chi connectivity index (χ2n) is 5.50. The van der Waals surface area contributed by atoms with Gasteiger partial charge < -0.3 is 15.5 Å². The Kier molecular flexibility index (Phi) is 5.26. The van der Waals surface area contributed by atoms with Gasteiger partial charge in [-0.2, -0.15) is 0 Å². The molecule has 1 unspecified atom stereocenters. The van der Waals surface area contributed by atoms with Crippen LogP contribution in [0, 0.1) is 5.92 Å². The Morgan fingerprint density at radius 3 is 2.95 bits per heavy atom. The smallest absolute Gasteiger partial charge is 0.224 e. The number of hydrogen-bond donors (Lipinski definition) is 2. The molecule has 4 nitrogen and oxygen atoms in total. The Labute approximate surface area is 125 Å². The van der Waals surface area contributed by atoms with Crippen LogP contribution < -0.4 is 15.5 Å². The van der Waals surface area contributed by atoms with Crippen LogP contribution in [0.25, 0.3) is 0 Å². The summed E-state index contributed by atoms with van der Waals surface area (Å²) in [5, 5.41) is 6.92. The molecule has 20 heavy (non-hydrogen) atoms. The van der Waals surface area contributed by atoms with Crippen LogP contribution in [0.1, 0.15) is 19.3 Å². The SMILES string of the molecule is CN(C)c1ccc(Cl)cc1NC(=O)CCC1CCNC1. The summed E-state index contributed by atoms with van der Waals surface area (Å²) < 4.78 is 0. The Bertz CT molecular complexity index is 470. The monoisotopic (exact) mass is 295 g/mol. The van der Waals surface area contributed by atoms with Gasteiger partial charge in [0.2, 0.25) is 5.91 Å². The number of anilines is 2. The first kappa shape index (κ1) is 15.1. The van der Waals surface area contributed by atoms with E-state index in [1.807, 2.05) is 31.1 Å². The summed E-state index contributed by atoms with van der Waals surface area (Å²) in [6.07, 6.45) is 2.68. The van der Waals surface area contributed by atoms with Gasteiger partial charge in [0, 0.05) is 25.5 Å². The largest absolute Gasteiger partial charge is 0.376 e. The molecule has 0 aromatic heterocycles. The number of hydrogen-bond acceptors (Lipinski definition) is 3. The number of benzene rings is 1. The van der Waals surface area contributed by atoms with Crippen molar-refractivity contribution < 1.29 is 4.79 Å². The fraction of sp³-hybridized carbons (Fsp3) is 0.533. The maximum atomic E-state index is 12.1. The molecular weight excluding hydrogens is 274 g/mol. The van der Waals surface area contributed by atoms with Gasteiger partial charge in [0.25, 0.3) is 0 Å². The van der Waals surface area contributed by atoms with Crippen LogP contribution in [0.2, 0.25) is 5.02 Å². The van der Waals surface area contributed by atoms with E-state index in [4.69, 9.17) is 11.6 Å². The van der Waals surface area contributed by atoms with Crippen LogP contribution in [0.15, 0.2) is 18.2 Å². The fourth-order valence-corrected chi connectivity index (χ4v) is 2.68. The number of nitrogens with one attached hydrogen (secondary N) is 2. The fourth-order valence-electron chi connectivity index (χ4n) is 2.51. The molecule has 0 spiro atoms. The first-order valence-electron chi connectivity index (χ1n) is 7.03. The van der Waals surface area contributed by atoms with Crippen LogP contribution in [-0.2, 0) is 4.79 Å². The molecule has 2 rings (SSSR count). The van der Waals surface area contributed by atoms with Gasteiger partial charge in [0.1, 0.15) is 0 Å². The van der Waals surface area contributed by atoms with Crippen molar-refractivity contribution in [2.45, 2.75) is 19.3 Å². The molecule has 0 saturated carbocycles. The highest BCUT2D eigenvalue weighted by Crippen LogP contribution is 2.28. The van der Waals surface area contributed by atoms with Crippen LogP contribution >= 0.6 is 11.6 Å². The van der Waals surface area contributed by atoms with Crippen LogP contribution in [0.5, 0.6) is 0 Å². The molecule has 0 radical (unpaired) electrons. The van der Waals surface area contributed by atoms with E-state index in [1.54, 1.807) is 6.07 Å². The van der Waals surface area contributed by atoms with Gasteiger partial charge in [-0.1, -0.05) is 11.6 Å². The van der Waals surface area contributed by atoms with E-state index in [-0.39, 0.29) is 5.91 Å². The molecule has 1 aromatic carbocycles. The van der Waals surface area contributed by atoms with Crippen LogP contribution in [0.4, 0.5) is 11.4 Å². The summed E-state index contributed by atoms with van der Waals surface area (Å²) in [5.74, 6) is 0.690. The maximum Gasteiger partial charge on any atom is 0.224 e. The zero-order valence-electron chi connectivity index (χ0n) is 12.1. The third kappa shape index (κ3) is 4.12. The summed E-state index contributed by atoms with van der Waals surface area (Å²) in [4.78, 5) is 14.0. The van der Waals surface area contributed by atoms with E-state index in [2.05, 4.69) is 10.6 Å². The Balaban J connectivity index is 1.94. The molecule has 1 aliphatic rings. The second kappa shape index (κ2) is 6.95. The van der Waals surface area contributed by atoms with Gasteiger partial charge >= 0.3 is 0 Å². The quantitative estimate of drug-likeness (QED) is 0.878. The average Bonchev–Trinajstić information content (AvgIpc) is 2.89. The zero-order chi connectivity index (χ0) is 14.5. The van der Waals surface area contributed by atoms with Crippen molar-refractivity contribution in [2.24, 2.45) is 5.92 Å².